The van der Waals surface area contributed by atoms with Crippen LogP contribution >= 0.6 is 0 Å². The Labute approximate surface area is 101 Å². The van der Waals surface area contributed by atoms with E-state index in [4.69, 9.17) is 0 Å². The van der Waals surface area contributed by atoms with Crippen molar-refractivity contribution in [2.24, 2.45) is 5.92 Å². The maximum Gasteiger partial charge on any atom is 0.0192 e. The van der Waals surface area contributed by atoms with Gasteiger partial charge in [0.15, 0.2) is 0 Å². The van der Waals surface area contributed by atoms with Gasteiger partial charge < -0.3 is 10.2 Å². The van der Waals surface area contributed by atoms with Crippen molar-refractivity contribution in [3.05, 3.63) is 0 Å². The van der Waals surface area contributed by atoms with E-state index in [1.54, 1.807) is 0 Å². The smallest absolute Gasteiger partial charge is 0.0192 e. The first-order valence-corrected chi connectivity index (χ1v) is 7.34. The highest BCUT2D eigenvalue weighted by molar-refractivity contribution is 4.77. The standard InChI is InChI=1S/C14H28N2/c1-2-14-12-16(11-9-15-14)10-5-8-13-6-3-4-7-13/h13-15H,2-12H2,1H3. The van der Waals surface area contributed by atoms with Crippen LogP contribution in [-0.2, 0) is 0 Å². The van der Waals surface area contributed by atoms with E-state index in [2.05, 4.69) is 17.1 Å². The van der Waals surface area contributed by atoms with E-state index in [0.29, 0.717) is 0 Å². The van der Waals surface area contributed by atoms with Gasteiger partial charge in [-0.3, -0.25) is 0 Å². The average molecular weight is 224 g/mol. The third kappa shape index (κ3) is 3.74. The van der Waals surface area contributed by atoms with Crippen molar-refractivity contribution in [3.63, 3.8) is 0 Å². The SMILES string of the molecule is CCC1CN(CCCC2CCCC2)CCN1. The second-order valence-corrected chi connectivity index (χ2v) is 5.65. The molecule has 1 aliphatic heterocycles. The Balaban J connectivity index is 1.58. The molecule has 2 rings (SSSR count). The number of nitrogens with one attached hydrogen (secondary N) is 1. The Morgan fingerprint density at radius 3 is 2.81 bits per heavy atom. The minimum atomic E-state index is 0.750. The summed E-state index contributed by atoms with van der Waals surface area (Å²) >= 11 is 0. The zero-order chi connectivity index (χ0) is 11.2. The van der Waals surface area contributed by atoms with Crippen LogP contribution in [0.15, 0.2) is 0 Å². The monoisotopic (exact) mass is 224 g/mol. The molecule has 1 heterocycles. The maximum absolute atomic E-state index is 3.59. The van der Waals surface area contributed by atoms with E-state index < -0.39 is 0 Å². The second-order valence-electron chi connectivity index (χ2n) is 5.65. The van der Waals surface area contributed by atoms with Crippen LogP contribution in [0.5, 0.6) is 0 Å². The van der Waals surface area contributed by atoms with Crippen molar-refractivity contribution in [1.82, 2.24) is 10.2 Å². The Morgan fingerprint density at radius 1 is 1.25 bits per heavy atom. The lowest BCUT2D eigenvalue weighted by molar-refractivity contribution is 0.191. The molecule has 2 fully saturated rings. The summed E-state index contributed by atoms with van der Waals surface area (Å²) < 4.78 is 0. The predicted octanol–water partition coefficient (Wildman–Crippen LogP) is 2.64. The lowest BCUT2D eigenvalue weighted by Gasteiger charge is -2.33. The molecule has 1 atom stereocenters. The number of rotatable bonds is 5. The van der Waals surface area contributed by atoms with Crippen LogP contribution in [0.2, 0.25) is 0 Å². The van der Waals surface area contributed by atoms with Gasteiger partial charge >= 0.3 is 0 Å². The Kier molecular flexibility index (Phi) is 5.11. The molecule has 1 aliphatic carbocycles. The van der Waals surface area contributed by atoms with Gasteiger partial charge in [0, 0.05) is 25.7 Å². The van der Waals surface area contributed by atoms with Crippen molar-refractivity contribution in [2.45, 2.75) is 57.9 Å². The highest BCUT2D eigenvalue weighted by Gasteiger charge is 2.18. The molecule has 0 spiro atoms. The Hall–Kier alpha value is -0.0800. The van der Waals surface area contributed by atoms with Crippen LogP contribution in [-0.4, -0.2) is 37.1 Å². The molecule has 1 saturated carbocycles. The van der Waals surface area contributed by atoms with E-state index in [1.807, 2.05) is 0 Å². The van der Waals surface area contributed by atoms with Gasteiger partial charge in [-0.2, -0.15) is 0 Å². The molecule has 0 aromatic heterocycles. The van der Waals surface area contributed by atoms with Gasteiger partial charge in [0.25, 0.3) is 0 Å². The number of hydrogen-bond donors (Lipinski definition) is 1. The van der Waals surface area contributed by atoms with Gasteiger partial charge in [0.05, 0.1) is 0 Å². The van der Waals surface area contributed by atoms with Gasteiger partial charge in [-0.25, -0.2) is 0 Å². The van der Waals surface area contributed by atoms with Crippen molar-refractivity contribution >= 4 is 0 Å². The summed E-state index contributed by atoms with van der Waals surface area (Å²) in [6, 6.07) is 0.750. The molecule has 1 saturated heterocycles. The van der Waals surface area contributed by atoms with E-state index >= 15 is 0 Å². The van der Waals surface area contributed by atoms with Gasteiger partial charge in [0.1, 0.15) is 0 Å². The van der Waals surface area contributed by atoms with Crippen molar-refractivity contribution in [1.29, 1.82) is 0 Å². The fourth-order valence-electron chi connectivity index (χ4n) is 3.27. The molecular formula is C14H28N2. The topological polar surface area (TPSA) is 15.3 Å². The maximum atomic E-state index is 3.59. The van der Waals surface area contributed by atoms with Crippen LogP contribution in [0.1, 0.15) is 51.9 Å². The van der Waals surface area contributed by atoms with Crippen molar-refractivity contribution in [2.75, 3.05) is 26.2 Å². The summed E-state index contributed by atoms with van der Waals surface area (Å²) in [5.41, 5.74) is 0. The molecule has 1 unspecified atom stereocenters. The van der Waals surface area contributed by atoms with Gasteiger partial charge in [-0.1, -0.05) is 32.6 Å². The van der Waals surface area contributed by atoms with Gasteiger partial charge in [-0.15, -0.1) is 0 Å². The lowest BCUT2D eigenvalue weighted by Crippen LogP contribution is -2.50. The summed E-state index contributed by atoms with van der Waals surface area (Å²) in [7, 11) is 0. The third-order valence-electron chi connectivity index (χ3n) is 4.39. The largest absolute Gasteiger partial charge is 0.311 e. The van der Waals surface area contributed by atoms with Crippen LogP contribution < -0.4 is 5.32 Å². The summed E-state index contributed by atoms with van der Waals surface area (Å²) in [6.07, 6.45) is 10.2. The van der Waals surface area contributed by atoms with E-state index in [-0.39, 0.29) is 0 Å². The number of nitrogens with zero attached hydrogens (tertiary/aromatic N) is 1. The zero-order valence-electron chi connectivity index (χ0n) is 10.9. The van der Waals surface area contributed by atoms with Crippen LogP contribution in [0.4, 0.5) is 0 Å². The molecule has 0 bridgehead atoms. The first kappa shape index (κ1) is 12.4. The molecule has 2 aliphatic rings. The van der Waals surface area contributed by atoms with E-state index in [0.717, 1.165) is 12.0 Å². The summed E-state index contributed by atoms with van der Waals surface area (Å²) in [5, 5.41) is 3.59. The van der Waals surface area contributed by atoms with Gasteiger partial charge in [0.2, 0.25) is 0 Å². The van der Waals surface area contributed by atoms with Crippen molar-refractivity contribution in [3.8, 4) is 0 Å². The molecular weight excluding hydrogens is 196 g/mol. The molecule has 2 heteroatoms. The molecule has 0 aromatic carbocycles. The molecule has 0 amide bonds. The molecule has 0 aromatic rings. The van der Waals surface area contributed by atoms with E-state index in [1.165, 1.54) is 71.1 Å². The minimum absolute atomic E-state index is 0.750. The quantitative estimate of drug-likeness (QED) is 0.772. The Morgan fingerprint density at radius 2 is 2.06 bits per heavy atom. The molecule has 2 nitrogen and oxygen atoms in total. The highest BCUT2D eigenvalue weighted by atomic mass is 15.2. The van der Waals surface area contributed by atoms with Crippen molar-refractivity contribution < 1.29 is 0 Å². The second kappa shape index (κ2) is 6.61. The predicted molar refractivity (Wildman–Crippen MR) is 69.7 cm³/mol. The highest BCUT2D eigenvalue weighted by Crippen LogP contribution is 2.28. The van der Waals surface area contributed by atoms with Crippen LogP contribution in [0.3, 0.4) is 0 Å². The summed E-state index contributed by atoms with van der Waals surface area (Å²) in [4.78, 5) is 2.67. The molecule has 94 valence electrons. The first-order chi connectivity index (χ1) is 7.88. The van der Waals surface area contributed by atoms with Crippen LogP contribution in [0.25, 0.3) is 0 Å². The number of piperazine rings is 1. The Bertz CT molecular complexity index is 187. The zero-order valence-corrected chi connectivity index (χ0v) is 10.9. The summed E-state index contributed by atoms with van der Waals surface area (Å²) in [5.74, 6) is 1.07. The lowest BCUT2D eigenvalue weighted by atomic mass is 10.0. The fraction of sp³-hybridized carbons (Fsp3) is 1.00. The normalized spacial score (nSPS) is 28.7. The third-order valence-corrected chi connectivity index (χ3v) is 4.39. The summed E-state index contributed by atoms with van der Waals surface area (Å²) in [6.45, 7) is 7.37. The van der Waals surface area contributed by atoms with E-state index in [9.17, 15) is 0 Å². The molecule has 16 heavy (non-hydrogen) atoms. The fourth-order valence-corrected chi connectivity index (χ4v) is 3.27. The minimum Gasteiger partial charge on any atom is -0.311 e. The van der Waals surface area contributed by atoms with Gasteiger partial charge in [-0.05, 0) is 31.7 Å². The van der Waals surface area contributed by atoms with Crippen LogP contribution in [0, 0.1) is 5.92 Å². The molecule has 0 radical (unpaired) electrons. The molecule has 1 N–H and O–H groups in total. The number of hydrogen-bond acceptors (Lipinski definition) is 2. The first-order valence-electron chi connectivity index (χ1n) is 7.34. The average Bonchev–Trinajstić information content (AvgIpc) is 2.82.